The van der Waals surface area contributed by atoms with E-state index in [1.165, 1.54) is 0 Å². The SMILES string of the molecule is CC(C)C1=NCCN1C1=NCCN1C1=NCCN1. The molecule has 0 aliphatic carbocycles. The molecular weight excluding hydrogens is 228 g/mol. The van der Waals surface area contributed by atoms with Crippen LogP contribution in [0.3, 0.4) is 0 Å². The normalized spacial score (nSPS) is 23.4. The highest BCUT2D eigenvalue weighted by atomic mass is 15.5. The first-order chi connectivity index (χ1) is 8.77. The van der Waals surface area contributed by atoms with Crippen LogP contribution < -0.4 is 5.32 Å². The summed E-state index contributed by atoms with van der Waals surface area (Å²) in [6, 6.07) is 0. The van der Waals surface area contributed by atoms with E-state index < -0.39 is 0 Å². The Morgan fingerprint density at radius 2 is 1.78 bits per heavy atom. The van der Waals surface area contributed by atoms with Gasteiger partial charge in [0.25, 0.3) is 0 Å². The first-order valence-corrected chi connectivity index (χ1v) is 6.69. The van der Waals surface area contributed by atoms with Crippen molar-refractivity contribution in [2.75, 3.05) is 39.3 Å². The summed E-state index contributed by atoms with van der Waals surface area (Å²) in [5.74, 6) is 3.59. The zero-order valence-corrected chi connectivity index (χ0v) is 11.1. The van der Waals surface area contributed by atoms with E-state index in [0.717, 1.165) is 57.0 Å². The summed E-state index contributed by atoms with van der Waals surface area (Å²) in [4.78, 5) is 18.2. The van der Waals surface area contributed by atoms with Crippen LogP contribution in [0.25, 0.3) is 0 Å². The maximum Gasteiger partial charge on any atom is 0.209 e. The molecule has 3 aliphatic rings. The second-order valence-electron chi connectivity index (χ2n) is 5.01. The molecule has 0 bridgehead atoms. The number of hydrogen-bond donors (Lipinski definition) is 1. The largest absolute Gasteiger partial charge is 0.354 e. The highest BCUT2D eigenvalue weighted by molar-refractivity contribution is 6.08. The van der Waals surface area contributed by atoms with Gasteiger partial charge in [-0.15, -0.1) is 0 Å². The molecule has 6 nitrogen and oxygen atoms in total. The summed E-state index contributed by atoms with van der Waals surface area (Å²) < 4.78 is 0. The predicted octanol–water partition coefficient (Wildman–Crippen LogP) is -0.0127. The molecule has 3 rings (SSSR count). The molecule has 3 heterocycles. The van der Waals surface area contributed by atoms with Crippen molar-refractivity contribution in [3.63, 3.8) is 0 Å². The van der Waals surface area contributed by atoms with Crippen molar-refractivity contribution in [2.24, 2.45) is 20.9 Å². The van der Waals surface area contributed by atoms with Gasteiger partial charge in [0.05, 0.1) is 19.6 Å². The van der Waals surface area contributed by atoms with Gasteiger partial charge in [-0.1, -0.05) is 13.8 Å². The van der Waals surface area contributed by atoms with Crippen molar-refractivity contribution in [3.8, 4) is 0 Å². The lowest BCUT2D eigenvalue weighted by atomic mass is 10.2. The topological polar surface area (TPSA) is 55.6 Å². The summed E-state index contributed by atoms with van der Waals surface area (Å²) in [6.45, 7) is 9.75. The lowest BCUT2D eigenvalue weighted by molar-refractivity contribution is 0.530. The van der Waals surface area contributed by atoms with Crippen molar-refractivity contribution in [1.29, 1.82) is 0 Å². The molecule has 0 aromatic heterocycles. The molecule has 18 heavy (non-hydrogen) atoms. The van der Waals surface area contributed by atoms with Gasteiger partial charge in [0, 0.05) is 25.6 Å². The number of nitrogens with zero attached hydrogens (tertiary/aromatic N) is 5. The second kappa shape index (κ2) is 4.59. The quantitative estimate of drug-likeness (QED) is 0.710. The molecule has 6 heteroatoms. The molecule has 0 saturated heterocycles. The molecule has 0 amide bonds. The van der Waals surface area contributed by atoms with E-state index in [1.54, 1.807) is 0 Å². The molecule has 0 aromatic rings. The monoisotopic (exact) mass is 248 g/mol. The number of aliphatic imine (C=N–C) groups is 3. The Bertz CT molecular complexity index is 422. The van der Waals surface area contributed by atoms with Gasteiger partial charge in [-0.05, 0) is 0 Å². The Balaban J connectivity index is 1.81. The Morgan fingerprint density at radius 1 is 1.00 bits per heavy atom. The van der Waals surface area contributed by atoms with E-state index in [9.17, 15) is 0 Å². The average molecular weight is 248 g/mol. The molecule has 0 fully saturated rings. The molecular formula is C12H20N6. The lowest BCUT2D eigenvalue weighted by Crippen LogP contribution is -2.50. The molecule has 3 aliphatic heterocycles. The number of rotatable bonds is 1. The number of hydrogen-bond acceptors (Lipinski definition) is 6. The van der Waals surface area contributed by atoms with Crippen LogP contribution in [0, 0.1) is 5.92 Å². The third kappa shape index (κ3) is 1.85. The molecule has 98 valence electrons. The van der Waals surface area contributed by atoms with Gasteiger partial charge in [0.2, 0.25) is 11.9 Å². The average Bonchev–Trinajstić information content (AvgIpc) is 3.10. The summed E-state index contributed by atoms with van der Waals surface area (Å²) in [6.07, 6.45) is 0. The van der Waals surface area contributed by atoms with Crippen LogP contribution in [-0.2, 0) is 0 Å². The van der Waals surface area contributed by atoms with Crippen molar-refractivity contribution in [2.45, 2.75) is 13.8 Å². The first kappa shape index (κ1) is 11.5. The van der Waals surface area contributed by atoms with Gasteiger partial charge >= 0.3 is 0 Å². The Kier molecular flexibility index (Phi) is 2.93. The smallest absolute Gasteiger partial charge is 0.209 e. The molecule has 0 spiro atoms. The minimum Gasteiger partial charge on any atom is -0.354 e. The number of nitrogens with one attached hydrogen (secondary N) is 1. The fourth-order valence-corrected chi connectivity index (χ4v) is 2.59. The van der Waals surface area contributed by atoms with Gasteiger partial charge in [0.15, 0.2) is 0 Å². The molecule has 1 N–H and O–H groups in total. The molecule has 0 radical (unpaired) electrons. The standard InChI is InChI=1S/C12H20N6/c1-9(2)10-13-5-7-17(10)12-16-6-8-18(12)11-14-3-4-15-11/h9H,3-8H2,1-2H3,(H,14,15). The molecule has 0 saturated carbocycles. The highest BCUT2D eigenvalue weighted by Gasteiger charge is 2.32. The van der Waals surface area contributed by atoms with Crippen molar-refractivity contribution >= 4 is 17.8 Å². The van der Waals surface area contributed by atoms with Crippen LogP contribution in [0.4, 0.5) is 0 Å². The zero-order valence-electron chi connectivity index (χ0n) is 11.1. The van der Waals surface area contributed by atoms with E-state index in [1.807, 2.05) is 0 Å². The van der Waals surface area contributed by atoms with Gasteiger partial charge in [-0.25, -0.2) is 0 Å². The third-order valence-corrected chi connectivity index (χ3v) is 3.36. The first-order valence-electron chi connectivity index (χ1n) is 6.69. The van der Waals surface area contributed by atoms with Crippen LogP contribution in [-0.4, -0.2) is 66.8 Å². The van der Waals surface area contributed by atoms with Crippen LogP contribution in [0.5, 0.6) is 0 Å². The second-order valence-corrected chi connectivity index (χ2v) is 5.01. The summed E-state index contributed by atoms with van der Waals surface area (Å²) in [7, 11) is 0. The fourth-order valence-electron chi connectivity index (χ4n) is 2.59. The van der Waals surface area contributed by atoms with E-state index in [0.29, 0.717) is 5.92 Å². The Labute approximate surface area is 107 Å². The van der Waals surface area contributed by atoms with Crippen LogP contribution in [0.15, 0.2) is 15.0 Å². The summed E-state index contributed by atoms with van der Waals surface area (Å²) in [5, 5.41) is 3.32. The molecule has 0 aromatic carbocycles. The minimum absolute atomic E-state index is 0.441. The van der Waals surface area contributed by atoms with Crippen molar-refractivity contribution in [3.05, 3.63) is 0 Å². The Hall–Kier alpha value is -1.59. The maximum absolute atomic E-state index is 4.64. The fraction of sp³-hybridized carbons (Fsp3) is 0.750. The van der Waals surface area contributed by atoms with Crippen LogP contribution >= 0.6 is 0 Å². The summed E-state index contributed by atoms with van der Waals surface area (Å²) in [5.41, 5.74) is 0. The minimum atomic E-state index is 0.441. The van der Waals surface area contributed by atoms with E-state index in [-0.39, 0.29) is 0 Å². The third-order valence-electron chi connectivity index (χ3n) is 3.36. The van der Waals surface area contributed by atoms with Crippen molar-refractivity contribution < 1.29 is 0 Å². The van der Waals surface area contributed by atoms with Crippen LogP contribution in [0.1, 0.15) is 13.8 Å². The van der Waals surface area contributed by atoms with Crippen LogP contribution in [0.2, 0.25) is 0 Å². The van der Waals surface area contributed by atoms with E-state index in [4.69, 9.17) is 0 Å². The zero-order chi connectivity index (χ0) is 12.5. The molecule has 0 atom stereocenters. The summed E-state index contributed by atoms with van der Waals surface area (Å²) >= 11 is 0. The van der Waals surface area contributed by atoms with E-state index >= 15 is 0 Å². The van der Waals surface area contributed by atoms with Crippen molar-refractivity contribution in [1.82, 2.24) is 15.1 Å². The van der Waals surface area contributed by atoms with Gasteiger partial charge in [0.1, 0.15) is 5.84 Å². The highest BCUT2D eigenvalue weighted by Crippen LogP contribution is 2.16. The van der Waals surface area contributed by atoms with Gasteiger partial charge in [-0.2, -0.15) is 0 Å². The Morgan fingerprint density at radius 3 is 2.50 bits per heavy atom. The number of amidine groups is 1. The molecule has 0 unspecified atom stereocenters. The number of guanidine groups is 2. The van der Waals surface area contributed by atoms with E-state index in [2.05, 4.69) is 43.9 Å². The van der Waals surface area contributed by atoms with Gasteiger partial charge in [-0.3, -0.25) is 24.8 Å². The lowest BCUT2D eigenvalue weighted by Gasteiger charge is -2.29. The predicted molar refractivity (Wildman–Crippen MR) is 73.2 cm³/mol. The van der Waals surface area contributed by atoms with Gasteiger partial charge < -0.3 is 5.32 Å². The maximum atomic E-state index is 4.64.